The molecule has 19 heavy (non-hydrogen) atoms. The first-order valence-corrected chi connectivity index (χ1v) is 6.38. The lowest BCUT2D eigenvalue weighted by molar-refractivity contribution is 0.273. The molecule has 100 valence electrons. The molecule has 2 N–H and O–H groups in total. The van der Waals surface area contributed by atoms with E-state index in [0.717, 1.165) is 17.0 Å². The summed E-state index contributed by atoms with van der Waals surface area (Å²) in [7, 11) is 1.62. The highest BCUT2D eigenvalue weighted by molar-refractivity contribution is 6.30. The van der Waals surface area contributed by atoms with Crippen molar-refractivity contribution in [1.82, 2.24) is 0 Å². The molecule has 0 aliphatic heterocycles. The molecule has 0 spiro atoms. The fourth-order valence-electron chi connectivity index (χ4n) is 1.96. The second-order valence-electron chi connectivity index (χ2n) is 4.13. The topological polar surface area (TPSA) is 41.5 Å². The number of hydrogen-bond acceptors (Lipinski definition) is 3. The number of para-hydroxylation sites is 1. The molecule has 3 nitrogen and oxygen atoms in total. The van der Waals surface area contributed by atoms with Crippen LogP contribution in [-0.4, -0.2) is 18.8 Å². The zero-order valence-corrected chi connectivity index (χ0v) is 11.4. The third-order valence-corrected chi connectivity index (χ3v) is 3.10. The van der Waals surface area contributed by atoms with E-state index in [1.165, 1.54) is 0 Å². The van der Waals surface area contributed by atoms with Crippen molar-refractivity contribution < 1.29 is 9.84 Å². The van der Waals surface area contributed by atoms with E-state index < -0.39 is 0 Å². The molecule has 0 radical (unpaired) electrons. The van der Waals surface area contributed by atoms with Gasteiger partial charge in [0.05, 0.1) is 19.8 Å². The van der Waals surface area contributed by atoms with Gasteiger partial charge in [0, 0.05) is 16.3 Å². The normalized spacial score (nSPS) is 11.9. The van der Waals surface area contributed by atoms with Crippen molar-refractivity contribution in [2.24, 2.45) is 0 Å². The number of aliphatic hydroxyl groups is 1. The predicted octanol–water partition coefficient (Wildman–Crippen LogP) is 3.49. The number of rotatable bonds is 5. The number of benzene rings is 2. The Bertz CT molecular complexity index is 545. The summed E-state index contributed by atoms with van der Waals surface area (Å²) in [5.41, 5.74) is 1.77. The Labute approximate surface area is 117 Å². The van der Waals surface area contributed by atoms with E-state index in [4.69, 9.17) is 16.3 Å². The van der Waals surface area contributed by atoms with Crippen molar-refractivity contribution in [2.45, 2.75) is 6.04 Å². The number of nitrogens with one attached hydrogen (secondary N) is 1. The van der Waals surface area contributed by atoms with Crippen molar-refractivity contribution >= 4 is 17.3 Å². The third-order valence-electron chi connectivity index (χ3n) is 2.86. The average molecular weight is 278 g/mol. The van der Waals surface area contributed by atoms with Crippen molar-refractivity contribution in [2.75, 3.05) is 19.0 Å². The zero-order valence-electron chi connectivity index (χ0n) is 10.6. The van der Waals surface area contributed by atoms with E-state index in [-0.39, 0.29) is 12.6 Å². The maximum absolute atomic E-state index is 9.58. The first-order valence-electron chi connectivity index (χ1n) is 6.00. The maximum Gasteiger partial charge on any atom is 0.124 e. The fraction of sp³-hybridized carbons (Fsp3) is 0.200. The molecule has 0 bridgehead atoms. The molecule has 4 heteroatoms. The molecule has 2 aromatic carbocycles. The Morgan fingerprint density at radius 2 is 2.00 bits per heavy atom. The average Bonchev–Trinajstić information content (AvgIpc) is 2.45. The van der Waals surface area contributed by atoms with E-state index in [1.807, 2.05) is 48.5 Å². The van der Waals surface area contributed by atoms with Gasteiger partial charge in [0.15, 0.2) is 0 Å². The maximum atomic E-state index is 9.58. The molecular weight excluding hydrogens is 262 g/mol. The van der Waals surface area contributed by atoms with E-state index in [1.54, 1.807) is 7.11 Å². The van der Waals surface area contributed by atoms with Crippen LogP contribution >= 0.6 is 11.6 Å². The van der Waals surface area contributed by atoms with Crippen LogP contribution in [0.15, 0.2) is 48.5 Å². The van der Waals surface area contributed by atoms with Gasteiger partial charge in [-0.1, -0.05) is 35.9 Å². The Morgan fingerprint density at radius 1 is 1.21 bits per heavy atom. The highest BCUT2D eigenvalue weighted by Crippen LogP contribution is 2.28. The summed E-state index contributed by atoms with van der Waals surface area (Å²) in [5, 5.41) is 13.5. The minimum Gasteiger partial charge on any atom is -0.496 e. The molecule has 0 fully saturated rings. The predicted molar refractivity (Wildman–Crippen MR) is 77.9 cm³/mol. The van der Waals surface area contributed by atoms with Gasteiger partial charge in [-0.25, -0.2) is 0 Å². The third kappa shape index (κ3) is 3.40. The van der Waals surface area contributed by atoms with Crippen molar-refractivity contribution in [3.8, 4) is 5.75 Å². The Kier molecular flexibility index (Phi) is 4.66. The number of halogens is 1. The van der Waals surface area contributed by atoms with Gasteiger partial charge in [-0.05, 0) is 24.3 Å². The van der Waals surface area contributed by atoms with Crippen LogP contribution in [0.4, 0.5) is 5.69 Å². The lowest BCUT2D eigenvalue weighted by Gasteiger charge is -2.20. The monoisotopic (exact) mass is 277 g/mol. The first kappa shape index (κ1) is 13.7. The quantitative estimate of drug-likeness (QED) is 0.879. The van der Waals surface area contributed by atoms with Gasteiger partial charge in [-0.15, -0.1) is 0 Å². The number of aliphatic hydroxyl groups excluding tert-OH is 1. The lowest BCUT2D eigenvalue weighted by atomic mass is 10.1. The van der Waals surface area contributed by atoms with Crippen LogP contribution in [0, 0.1) is 0 Å². The van der Waals surface area contributed by atoms with E-state index in [0.29, 0.717) is 5.02 Å². The Balaban J connectivity index is 2.25. The molecule has 0 aliphatic carbocycles. The van der Waals surface area contributed by atoms with Gasteiger partial charge in [-0.2, -0.15) is 0 Å². The molecule has 0 aliphatic rings. The van der Waals surface area contributed by atoms with Crippen LogP contribution in [-0.2, 0) is 0 Å². The molecule has 2 rings (SSSR count). The van der Waals surface area contributed by atoms with Crippen LogP contribution in [0.1, 0.15) is 11.6 Å². The van der Waals surface area contributed by atoms with Gasteiger partial charge >= 0.3 is 0 Å². The molecular formula is C15H16ClNO2. The molecule has 1 unspecified atom stereocenters. The van der Waals surface area contributed by atoms with Gasteiger partial charge in [0.1, 0.15) is 5.75 Å². The van der Waals surface area contributed by atoms with Gasteiger partial charge < -0.3 is 15.2 Å². The molecule has 0 saturated carbocycles. The molecule has 0 amide bonds. The smallest absolute Gasteiger partial charge is 0.124 e. The summed E-state index contributed by atoms with van der Waals surface area (Å²) < 4.78 is 5.31. The summed E-state index contributed by atoms with van der Waals surface area (Å²) in [6, 6.07) is 14.8. The van der Waals surface area contributed by atoms with Crippen molar-refractivity contribution in [3.63, 3.8) is 0 Å². The molecule has 0 aromatic heterocycles. The van der Waals surface area contributed by atoms with Crippen LogP contribution in [0.2, 0.25) is 5.02 Å². The summed E-state index contributed by atoms with van der Waals surface area (Å²) in [6.45, 7) is -0.0348. The number of hydrogen-bond donors (Lipinski definition) is 2. The number of ether oxygens (including phenoxy) is 1. The molecule has 0 saturated heterocycles. The van der Waals surface area contributed by atoms with Crippen LogP contribution in [0.25, 0.3) is 0 Å². The van der Waals surface area contributed by atoms with Crippen LogP contribution in [0.3, 0.4) is 0 Å². The van der Waals surface area contributed by atoms with Gasteiger partial charge in [0.2, 0.25) is 0 Å². The van der Waals surface area contributed by atoms with E-state index in [2.05, 4.69) is 5.32 Å². The summed E-state index contributed by atoms with van der Waals surface area (Å²) >= 11 is 5.95. The van der Waals surface area contributed by atoms with E-state index in [9.17, 15) is 5.11 Å². The minimum atomic E-state index is -0.241. The largest absolute Gasteiger partial charge is 0.496 e. The minimum absolute atomic E-state index is 0.0348. The molecule has 0 heterocycles. The van der Waals surface area contributed by atoms with Crippen molar-refractivity contribution in [1.29, 1.82) is 0 Å². The summed E-state index contributed by atoms with van der Waals surface area (Å²) in [6.07, 6.45) is 0. The van der Waals surface area contributed by atoms with Gasteiger partial charge in [0.25, 0.3) is 0 Å². The Morgan fingerprint density at radius 3 is 2.68 bits per heavy atom. The standard InChI is InChI=1S/C15H16ClNO2/c1-19-15-8-3-2-7-13(15)14(10-18)17-12-6-4-5-11(16)9-12/h2-9,14,17-18H,10H2,1H3. The van der Waals surface area contributed by atoms with Crippen LogP contribution in [0.5, 0.6) is 5.75 Å². The SMILES string of the molecule is COc1ccccc1C(CO)Nc1cccc(Cl)c1. The summed E-state index contributed by atoms with van der Waals surface area (Å²) in [4.78, 5) is 0. The second-order valence-corrected chi connectivity index (χ2v) is 4.57. The fourth-order valence-corrected chi connectivity index (χ4v) is 2.15. The number of anilines is 1. The van der Waals surface area contributed by atoms with Crippen molar-refractivity contribution in [3.05, 3.63) is 59.1 Å². The lowest BCUT2D eigenvalue weighted by Crippen LogP contribution is -2.15. The van der Waals surface area contributed by atoms with E-state index >= 15 is 0 Å². The second kappa shape index (κ2) is 6.45. The molecule has 1 atom stereocenters. The summed E-state index contributed by atoms with van der Waals surface area (Å²) in [5.74, 6) is 0.746. The first-order chi connectivity index (χ1) is 9.24. The zero-order chi connectivity index (χ0) is 13.7. The number of methoxy groups -OCH3 is 1. The van der Waals surface area contributed by atoms with Gasteiger partial charge in [-0.3, -0.25) is 0 Å². The highest BCUT2D eigenvalue weighted by atomic mass is 35.5. The molecule has 2 aromatic rings. The van der Waals surface area contributed by atoms with Crippen LogP contribution < -0.4 is 10.1 Å². The highest BCUT2D eigenvalue weighted by Gasteiger charge is 2.14. The Hall–Kier alpha value is -1.71.